The van der Waals surface area contributed by atoms with E-state index in [1.165, 1.54) is 12.1 Å². The van der Waals surface area contributed by atoms with Gasteiger partial charge in [0, 0.05) is 13.1 Å². The summed E-state index contributed by atoms with van der Waals surface area (Å²) in [5.41, 5.74) is 5.91. The molecular formula is C12H17FN2O4S2. The summed E-state index contributed by atoms with van der Waals surface area (Å²) in [6.07, 6.45) is 0.413. The van der Waals surface area contributed by atoms with Crippen molar-refractivity contribution >= 4 is 19.9 Å². The molecule has 1 unspecified atom stereocenters. The van der Waals surface area contributed by atoms with Crippen molar-refractivity contribution in [1.29, 1.82) is 0 Å². The third-order valence-electron chi connectivity index (χ3n) is 3.41. The fraction of sp³-hybridized carbons (Fsp3) is 0.500. The van der Waals surface area contributed by atoms with Crippen LogP contribution >= 0.6 is 0 Å². The largest absolute Gasteiger partial charge is 0.326 e. The van der Waals surface area contributed by atoms with Gasteiger partial charge in [-0.1, -0.05) is 6.07 Å². The van der Waals surface area contributed by atoms with Crippen molar-refractivity contribution in [3.05, 3.63) is 29.6 Å². The molecule has 3 N–H and O–H groups in total. The number of nitrogens with one attached hydrogen (secondary N) is 1. The monoisotopic (exact) mass is 336 g/mol. The van der Waals surface area contributed by atoms with Crippen LogP contribution in [0.2, 0.25) is 0 Å². The number of hydrogen-bond acceptors (Lipinski definition) is 5. The van der Waals surface area contributed by atoms with E-state index in [-0.39, 0.29) is 30.5 Å². The molecule has 9 heteroatoms. The number of nitrogens with two attached hydrogens (primary N) is 1. The Morgan fingerprint density at radius 3 is 2.67 bits per heavy atom. The van der Waals surface area contributed by atoms with Gasteiger partial charge in [-0.25, -0.2) is 25.9 Å². The number of hydrogen-bond donors (Lipinski definition) is 2. The SMILES string of the molecule is NCc1ccc(F)c(S(=O)(=O)NCC2CCS(=O)(=O)C2)c1. The number of benzene rings is 1. The minimum absolute atomic E-state index is 0.0200. The summed E-state index contributed by atoms with van der Waals surface area (Å²) in [5, 5.41) is 0. The molecule has 1 fully saturated rings. The summed E-state index contributed by atoms with van der Waals surface area (Å²) < 4.78 is 62.8. The summed E-state index contributed by atoms with van der Waals surface area (Å²) >= 11 is 0. The van der Waals surface area contributed by atoms with E-state index in [0.29, 0.717) is 12.0 Å². The fourth-order valence-corrected chi connectivity index (χ4v) is 5.32. The lowest BCUT2D eigenvalue weighted by atomic mass is 10.1. The van der Waals surface area contributed by atoms with Crippen LogP contribution in [0.15, 0.2) is 23.1 Å². The van der Waals surface area contributed by atoms with Crippen molar-refractivity contribution in [1.82, 2.24) is 4.72 Å². The topological polar surface area (TPSA) is 106 Å². The minimum atomic E-state index is -4.02. The molecule has 1 aliphatic rings. The maximum Gasteiger partial charge on any atom is 0.243 e. The average molecular weight is 336 g/mol. The Morgan fingerprint density at radius 1 is 1.38 bits per heavy atom. The molecule has 118 valence electrons. The Kier molecular flexibility index (Phi) is 4.66. The molecular weight excluding hydrogens is 319 g/mol. The molecule has 0 saturated carbocycles. The van der Waals surface area contributed by atoms with Crippen LogP contribution in [0.4, 0.5) is 4.39 Å². The molecule has 0 aromatic heterocycles. The van der Waals surface area contributed by atoms with E-state index in [0.717, 1.165) is 6.07 Å². The molecule has 1 aliphatic heterocycles. The molecule has 0 spiro atoms. The summed E-state index contributed by atoms with van der Waals surface area (Å²) in [6, 6.07) is 3.65. The van der Waals surface area contributed by atoms with Crippen LogP contribution in [0, 0.1) is 11.7 Å². The van der Waals surface area contributed by atoms with Crippen LogP contribution in [0.1, 0.15) is 12.0 Å². The van der Waals surface area contributed by atoms with Crippen molar-refractivity contribution in [2.45, 2.75) is 17.9 Å². The van der Waals surface area contributed by atoms with Gasteiger partial charge in [0.15, 0.2) is 9.84 Å². The average Bonchev–Trinajstić information content (AvgIpc) is 2.76. The Hall–Kier alpha value is -1.03. The van der Waals surface area contributed by atoms with Gasteiger partial charge in [-0.15, -0.1) is 0 Å². The summed E-state index contributed by atoms with van der Waals surface area (Å²) in [6.45, 7) is 0.0809. The predicted octanol–water partition coefficient (Wildman–Crippen LogP) is -0.00260. The van der Waals surface area contributed by atoms with Gasteiger partial charge in [-0.2, -0.15) is 0 Å². The number of sulfonamides is 1. The lowest BCUT2D eigenvalue weighted by Crippen LogP contribution is -2.30. The van der Waals surface area contributed by atoms with E-state index in [9.17, 15) is 21.2 Å². The maximum absolute atomic E-state index is 13.7. The predicted molar refractivity (Wildman–Crippen MR) is 76.2 cm³/mol. The smallest absolute Gasteiger partial charge is 0.243 e. The van der Waals surface area contributed by atoms with Crippen LogP contribution in [-0.2, 0) is 26.4 Å². The minimum Gasteiger partial charge on any atom is -0.326 e. The van der Waals surface area contributed by atoms with Gasteiger partial charge in [0.25, 0.3) is 0 Å². The standard InChI is InChI=1S/C12H17FN2O4S2/c13-11-2-1-9(6-14)5-12(11)21(18,19)15-7-10-3-4-20(16,17)8-10/h1-2,5,10,15H,3-4,6-8,14H2. The van der Waals surface area contributed by atoms with Crippen molar-refractivity contribution in [2.75, 3.05) is 18.1 Å². The Morgan fingerprint density at radius 2 is 2.10 bits per heavy atom. The molecule has 1 heterocycles. The van der Waals surface area contributed by atoms with E-state index in [2.05, 4.69) is 4.72 Å². The molecule has 0 radical (unpaired) electrons. The van der Waals surface area contributed by atoms with Gasteiger partial charge >= 0.3 is 0 Å². The molecule has 0 amide bonds. The van der Waals surface area contributed by atoms with Gasteiger partial charge in [-0.05, 0) is 30.0 Å². The first-order valence-corrected chi connectivity index (χ1v) is 9.72. The van der Waals surface area contributed by atoms with Gasteiger partial charge in [0.1, 0.15) is 10.7 Å². The lowest BCUT2D eigenvalue weighted by molar-refractivity contribution is 0.532. The molecule has 0 aliphatic carbocycles. The zero-order chi connectivity index (χ0) is 15.7. The number of halogens is 1. The third kappa shape index (κ3) is 4.00. The van der Waals surface area contributed by atoms with Crippen LogP contribution in [-0.4, -0.2) is 34.9 Å². The maximum atomic E-state index is 13.7. The summed E-state index contributed by atoms with van der Waals surface area (Å²) in [7, 11) is -7.10. The first-order valence-electron chi connectivity index (χ1n) is 6.42. The normalized spacial score (nSPS) is 21.5. The van der Waals surface area contributed by atoms with Crippen molar-refractivity contribution < 1.29 is 21.2 Å². The summed E-state index contributed by atoms with van der Waals surface area (Å²) in [4.78, 5) is -0.466. The molecule has 1 atom stereocenters. The molecule has 1 aromatic carbocycles. The highest BCUT2D eigenvalue weighted by atomic mass is 32.2. The molecule has 6 nitrogen and oxygen atoms in total. The van der Waals surface area contributed by atoms with Crippen LogP contribution < -0.4 is 10.5 Å². The highest BCUT2D eigenvalue weighted by Crippen LogP contribution is 2.20. The van der Waals surface area contributed by atoms with Crippen molar-refractivity contribution in [3.8, 4) is 0 Å². The van der Waals surface area contributed by atoms with E-state index in [1.54, 1.807) is 0 Å². The second kappa shape index (κ2) is 5.99. The van der Waals surface area contributed by atoms with E-state index in [1.807, 2.05) is 0 Å². The first kappa shape index (κ1) is 16.3. The zero-order valence-electron chi connectivity index (χ0n) is 11.2. The molecule has 1 saturated heterocycles. The second-order valence-corrected chi connectivity index (χ2v) is 9.05. The summed E-state index contributed by atoms with van der Waals surface area (Å²) in [5.74, 6) is -1.11. The van der Waals surface area contributed by atoms with Crippen LogP contribution in [0.25, 0.3) is 0 Å². The quantitative estimate of drug-likeness (QED) is 0.787. The van der Waals surface area contributed by atoms with Crippen LogP contribution in [0.5, 0.6) is 0 Å². The Bertz CT molecular complexity index is 732. The van der Waals surface area contributed by atoms with Gasteiger partial charge in [0.2, 0.25) is 10.0 Å². The molecule has 1 aromatic rings. The molecule has 0 bridgehead atoms. The third-order valence-corrected chi connectivity index (χ3v) is 6.69. The van der Waals surface area contributed by atoms with Crippen molar-refractivity contribution in [3.63, 3.8) is 0 Å². The van der Waals surface area contributed by atoms with Crippen LogP contribution in [0.3, 0.4) is 0 Å². The zero-order valence-corrected chi connectivity index (χ0v) is 12.9. The molecule has 2 rings (SSSR count). The highest BCUT2D eigenvalue weighted by molar-refractivity contribution is 7.91. The van der Waals surface area contributed by atoms with E-state index in [4.69, 9.17) is 5.73 Å². The Labute approximate surface area is 123 Å². The second-order valence-electron chi connectivity index (χ2n) is 5.09. The Balaban J connectivity index is 2.12. The highest BCUT2D eigenvalue weighted by Gasteiger charge is 2.29. The number of sulfone groups is 1. The van der Waals surface area contributed by atoms with Gasteiger partial charge < -0.3 is 5.73 Å². The first-order chi connectivity index (χ1) is 9.73. The lowest BCUT2D eigenvalue weighted by Gasteiger charge is -2.11. The fourth-order valence-electron chi connectivity index (χ4n) is 2.22. The van der Waals surface area contributed by atoms with E-state index < -0.39 is 30.6 Å². The van der Waals surface area contributed by atoms with Gasteiger partial charge in [0.05, 0.1) is 11.5 Å². The van der Waals surface area contributed by atoms with E-state index >= 15 is 0 Å². The molecule has 21 heavy (non-hydrogen) atoms. The van der Waals surface area contributed by atoms with Gasteiger partial charge in [-0.3, -0.25) is 0 Å². The van der Waals surface area contributed by atoms with Crippen molar-refractivity contribution in [2.24, 2.45) is 11.7 Å². The number of rotatable bonds is 5.